The van der Waals surface area contributed by atoms with E-state index in [9.17, 15) is 14.4 Å². The molecule has 0 unspecified atom stereocenters. The number of Topliss-reactive ketones (excluding diaryl/α,β-unsaturated/α-hetero) is 1. The molecule has 0 aliphatic heterocycles. The monoisotopic (exact) mass is 255 g/mol. The number of ketones is 1. The molecule has 0 bridgehead atoms. The standard InChI is InChI=1S/C13H21NO4/c1-8(2)6-11(16)14-12(13(17)18)9-4-3-5-10(15)7-9/h8-9,12H,3-7H2,1-2H3,(H,14,16)(H,17,18)/t9-,12+/m0/s1. The van der Waals surface area contributed by atoms with E-state index < -0.39 is 12.0 Å². The molecule has 1 saturated carbocycles. The average molecular weight is 255 g/mol. The Bertz CT molecular complexity index is 338. The number of amides is 1. The first-order chi connectivity index (χ1) is 8.40. The van der Waals surface area contributed by atoms with E-state index in [0.29, 0.717) is 25.7 Å². The third-order valence-corrected chi connectivity index (χ3v) is 3.17. The molecule has 5 heteroatoms. The number of aliphatic carboxylic acids is 1. The summed E-state index contributed by atoms with van der Waals surface area (Å²) in [5, 5.41) is 11.7. The van der Waals surface area contributed by atoms with Gasteiger partial charge < -0.3 is 10.4 Å². The third kappa shape index (κ3) is 4.47. The minimum absolute atomic E-state index is 0.0932. The van der Waals surface area contributed by atoms with Crippen molar-refractivity contribution in [1.82, 2.24) is 5.32 Å². The lowest BCUT2D eigenvalue weighted by Crippen LogP contribution is -2.47. The van der Waals surface area contributed by atoms with Crippen LogP contribution in [0.15, 0.2) is 0 Å². The topological polar surface area (TPSA) is 83.5 Å². The molecule has 0 aromatic rings. The first-order valence-electron chi connectivity index (χ1n) is 6.44. The molecule has 1 rings (SSSR count). The predicted molar refractivity (Wildman–Crippen MR) is 66.0 cm³/mol. The van der Waals surface area contributed by atoms with Crippen molar-refractivity contribution in [2.75, 3.05) is 0 Å². The summed E-state index contributed by atoms with van der Waals surface area (Å²) in [6.07, 6.45) is 2.50. The Balaban J connectivity index is 2.62. The van der Waals surface area contributed by atoms with Crippen LogP contribution in [0.1, 0.15) is 46.0 Å². The highest BCUT2D eigenvalue weighted by Crippen LogP contribution is 2.24. The normalized spacial score (nSPS) is 21.7. The van der Waals surface area contributed by atoms with Crippen molar-refractivity contribution < 1.29 is 19.5 Å². The zero-order valence-corrected chi connectivity index (χ0v) is 10.9. The van der Waals surface area contributed by atoms with E-state index in [2.05, 4.69) is 5.32 Å². The van der Waals surface area contributed by atoms with E-state index in [1.807, 2.05) is 13.8 Å². The quantitative estimate of drug-likeness (QED) is 0.777. The predicted octanol–water partition coefficient (Wildman–Crippen LogP) is 1.36. The third-order valence-electron chi connectivity index (χ3n) is 3.17. The van der Waals surface area contributed by atoms with Crippen LogP contribution in [-0.4, -0.2) is 28.8 Å². The van der Waals surface area contributed by atoms with Gasteiger partial charge in [-0.05, 0) is 24.7 Å². The number of hydrogen-bond acceptors (Lipinski definition) is 3. The zero-order chi connectivity index (χ0) is 13.7. The Morgan fingerprint density at radius 3 is 2.61 bits per heavy atom. The molecule has 5 nitrogen and oxygen atoms in total. The van der Waals surface area contributed by atoms with Gasteiger partial charge in [0, 0.05) is 19.3 Å². The van der Waals surface area contributed by atoms with Gasteiger partial charge in [0.2, 0.25) is 5.91 Å². The highest BCUT2D eigenvalue weighted by atomic mass is 16.4. The van der Waals surface area contributed by atoms with Crippen molar-refractivity contribution in [3.05, 3.63) is 0 Å². The fraction of sp³-hybridized carbons (Fsp3) is 0.769. The molecule has 0 spiro atoms. The zero-order valence-electron chi connectivity index (χ0n) is 10.9. The summed E-state index contributed by atoms with van der Waals surface area (Å²) in [5.41, 5.74) is 0. The number of carbonyl (C=O) groups is 3. The first-order valence-corrected chi connectivity index (χ1v) is 6.44. The van der Waals surface area contributed by atoms with Gasteiger partial charge in [-0.25, -0.2) is 4.79 Å². The van der Waals surface area contributed by atoms with Gasteiger partial charge in [-0.3, -0.25) is 9.59 Å². The maximum Gasteiger partial charge on any atom is 0.326 e. The lowest BCUT2D eigenvalue weighted by Gasteiger charge is -2.27. The molecule has 102 valence electrons. The highest BCUT2D eigenvalue weighted by Gasteiger charge is 2.33. The highest BCUT2D eigenvalue weighted by molar-refractivity contribution is 5.85. The van der Waals surface area contributed by atoms with Gasteiger partial charge in [0.15, 0.2) is 0 Å². The Kier molecular flexibility index (Phi) is 5.31. The first kappa shape index (κ1) is 14.7. The largest absolute Gasteiger partial charge is 0.480 e. The Hall–Kier alpha value is -1.39. The van der Waals surface area contributed by atoms with Crippen LogP contribution in [0.3, 0.4) is 0 Å². The molecule has 0 aromatic carbocycles. The van der Waals surface area contributed by atoms with E-state index in [-0.39, 0.29) is 29.9 Å². The van der Waals surface area contributed by atoms with Crippen LogP contribution in [-0.2, 0) is 14.4 Å². The van der Waals surface area contributed by atoms with Gasteiger partial charge in [-0.2, -0.15) is 0 Å². The minimum Gasteiger partial charge on any atom is -0.480 e. The lowest BCUT2D eigenvalue weighted by atomic mass is 9.83. The molecule has 0 saturated heterocycles. The maximum atomic E-state index is 11.6. The summed E-state index contributed by atoms with van der Waals surface area (Å²) in [6, 6.07) is -0.930. The van der Waals surface area contributed by atoms with E-state index in [0.717, 1.165) is 0 Å². The number of hydrogen-bond donors (Lipinski definition) is 2. The molecule has 0 radical (unpaired) electrons. The second kappa shape index (κ2) is 6.52. The van der Waals surface area contributed by atoms with Crippen molar-refractivity contribution in [1.29, 1.82) is 0 Å². The van der Waals surface area contributed by atoms with Gasteiger partial charge in [0.25, 0.3) is 0 Å². The molecule has 18 heavy (non-hydrogen) atoms. The summed E-state index contributed by atoms with van der Waals surface area (Å²) < 4.78 is 0. The van der Waals surface area contributed by atoms with Crippen molar-refractivity contribution >= 4 is 17.7 Å². The van der Waals surface area contributed by atoms with Gasteiger partial charge in [0.1, 0.15) is 11.8 Å². The van der Waals surface area contributed by atoms with Crippen LogP contribution in [0.5, 0.6) is 0 Å². The molecular formula is C13H21NO4. The summed E-state index contributed by atoms with van der Waals surface area (Å²) in [6.45, 7) is 3.80. The number of carboxylic acids is 1. The molecule has 1 amide bonds. The molecule has 1 aliphatic rings. The number of rotatable bonds is 5. The number of nitrogens with one attached hydrogen (secondary N) is 1. The lowest BCUT2D eigenvalue weighted by molar-refractivity contribution is -0.144. The Morgan fingerprint density at radius 2 is 2.11 bits per heavy atom. The summed E-state index contributed by atoms with van der Waals surface area (Å²) in [7, 11) is 0. The van der Waals surface area contributed by atoms with E-state index in [4.69, 9.17) is 5.11 Å². The molecule has 1 fully saturated rings. The molecule has 2 atom stereocenters. The van der Waals surface area contributed by atoms with Gasteiger partial charge >= 0.3 is 5.97 Å². The van der Waals surface area contributed by atoms with Gasteiger partial charge in [-0.15, -0.1) is 0 Å². The van der Waals surface area contributed by atoms with Crippen LogP contribution in [0.4, 0.5) is 0 Å². The summed E-state index contributed by atoms with van der Waals surface area (Å²) in [5.74, 6) is -1.29. The minimum atomic E-state index is -1.05. The van der Waals surface area contributed by atoms with Crippen molar-refractivity contribution in [2.24, 2.45) is 11.8 Å². The molecule has 1 aliphatic carbocycles. The smallest absolute Gasteiger partial charge is 0.326 e. The maximum absolute atomic E-state index is 11.6. The van der Waals surface area contributed by atoms with Crippen molar-refractivity contribution in [3.8, 4) is 0 Å². The van der Waals surface area contributed by atoms with Crippen LogP contribution in [0, 0.1) is 11.8 Å². The molecule has 2 N–H and O–H groups in total. The van der Waals surface area contributed by atoms with Gasteiger partial charge in [-0.1, -0.05) is 13.8 Å². The summed E-state index contributed by atoms with van der Waals surface area (Å²) in [4.78, 5) is 34.2. The van der Waals surface area contributed by atoms with Crippen LogP contribution in [0.2, 0.25) is 0 Å². The van der Waals surface area contributed by atoms with Crippen LogP contribution < -0.4 is 5.32 Å². The fourth-order valence-electron chi connectivity index (χ4n) is 2.33. The van der Waals surface area contributed by atoms with Crippen molar-refractivity contribution in [3.63, 3.8) is 0 Å². The SMILES string of the molecule is CC(C)CC(=O)N[C@@H](C(=O)O)[C@H]1CCCC(=O)C1. The second-order valence-corrected chi connectivity index (χ2v) is 5.38. The summed E-state index contributed by atoms with van der Waals surface area (Å²) >= 11 is 0. The molecule has 0 heterocycles. The second-order valence-electron chi connectivity index (χ2n) is 5.38. The van der Waals surface area contributed by atoms with E-state index in [1.54, 1.807) is 0 Å². The number of carbonyl (C=O) groups excluding carboxylic acids is 2. The fourth-order valence-corrected chi connectivity index (χ4v) is 2.33. The Labute approximate surface area is 107 Å². The number of carboxylic acid groups (broad SMARTS) is 1. The van der Waals surface area contributed by atoms with Crippen LogP contribution in [0.25, 0.3) is 0 Å². The van der Waals surface area contributed by atoms with Crippen LogP contribution >= 0.6 is 0 Å². The molecular weight excluding hydrogens is 234 g/mol. The van der Waals surface area contributed by atoms with Crippen molar-refractivity contribution in [2.45, 2.75) is 52.0 Å². The van der Waals surface area contributed by atoms with E-state index in [1.165, 1.54) is 0 Å². The van der Waals surface area contributed by atoms with E-state index >= 15 is 0 Å². The van der Waals surface area contributed by atoms with Gasteiger partial charge in [0.05, 0.1) is 0 Å². The Morgan fingerprint density at radius 1 is 1.44 bits per heavy atom. The average Bonchev–Trinajstić information content (AvgIpc) is 2.24. The molecule has 0 aromatic heterocycles.